The SMILES string of the molecule is COC(=O)c1ccc2c(n1)N(C(=O)Nc1ccc(F)cn1)[C@H]1CCN2C1. The van der Waals surface area contributed by atoms with Gasteiger partial charge in [-0.05, 0) is 30.7 Å². The quantitative estimate of drug-likeness (QED) is 0.828. The highest BCUT2D eigenvalue weighted by atomic mass is 19.1. The summed E-state index contributed by atoms with van der Waals surface area (Å²) in [5, 5.41) is 2.66. The van der Waals surface area contributed by atoms with Crippen molar-refractivity contribution < 1.29 is 18.7 Å². The molecule has 2 aromatic rings. The number of aromatic nitrogens is 2. The lowest BCUT2D eigenvalue weighted by atomic mass is 10.2. The van der Waals surface area contributed by atoms with Gasteiger partial charge in [-0.1, -0.05) is 0 Å². The van der Waals surface area contributed by atoms with E-state index < -0.39 is 17.8 Å². The number of methoxy groups -OCH3 is 1. The molecule has 0 aromatic carbocycles. The molecule has 2 bridgehead atoms. The van der Waals surface area contributed by atoms with Crippen molar-refractivity contribution in [2.45, 2.75) is 12.5 Å². The Morgan fingerprint density at radius 1 is 1.31 bits per heavy atom. The number of esters is 1. The molecule has 1 atom stereocenters. The largest absolute Gasteiger partial charge is 0.464 e. The summed E-state index contributed by atoms with van der Waals surface area (Å²) < 4.78 is 17.7. The number of hydrogen-bond donors (Lipinski definition) is 1. The van der Waals surface area contributed by atoms with Gasteiger partial charge in [-0.15, -0.1) is 0 Å². The van der Waals surface area contributed by atoms with E-state index in [-0.39, 0.29) is 17.6 Å². The molecule has 134 valence electrons. The molecule has 2 aliphatic rings. The number of pyridine rings is 2. The van der Waals surface area contributed by atoms with Crippen molar-refractivity contribution in [3.8, 4) is 0 Å². The number of hydrogen-bond acceptors (Lipinski definition) is 6. The Bertz CT molecular complexity index is 873. The lowest BCUT2D eigenvalue weighted by Gasteiger charge is -2.35. The lowest BCUT2D eigenvalue weighted by Crippen LogP contribution is -2.48. The number of carbonyl (C=O) groups is 2. The molecule has 0 radical (unpaired) electrons. The number of rotatable bonds is 2. The molecule has 1 N–H and O–H groups in total. The van der Waals surface area contributed by atoms with E-state index in [2.05, 4.69) is 20.2 Å². The maximum atomic E-state index is 13.0. The number of nitrogens with one attached hydrogen (secondary N) is 1. The molecule has 2 amide bonds. The second-order valence-electron chi connectivity index (χ2n) is 6.08. The van der Waals surface area contributed by atoms with Crippen molar-refractivity contribution >= 4 is 29.3 Å². The molecule has 9 heteroatoms. The number of amides is 2. The van der Waals surface area contributed by atoms with Crippen LogP contribution in [0.5, 0.6) is 0 Å². The molecule has 0 saturated carbocycles. The summed E-state index contributed by atoms with van der Waals surface area (Å²) in [6.07, 6.45) is 1.82. The van der Waals surface area contributed by atoms with Gasteiger partial charge >= 0.3 is 12.0 Å². The fourth-order valence-corrected chi connectivity index (χ4v) is 3.31. The molecule has 1 fully saturated rings. The Morgan fingerprint density at radius 2 is 2.15 bits per heavy atom. The molecule has 8 nitrogen and oxygen atoms in total. The highest BCUT2D eigenvalue weighted by molar-refractivity contribution is 6.04. The molecule has 0 aliphatic carbocycles. The first-order valence-corrected chi connectivity index (χ1v) is 8.13. The first kappa shape index (κ1) is 16.2. The second-order valence-corrected chi connectivity index (χ2v) is 6.08. The third-order valence-electron chi connectivity index (χ3n) is 4.53. The van der Waals surface area contributed by atoms with E-state index in [9.17, 15) is 14.0 Å². The van der Waals surface area contributed by atoms with Gasteiger partial charge in [0.2, 0.25) is 0 Å². The maximum absolute atomic E-state index is 13.0. The third kappa shape index (κ3) is 2.71. The van der Waals surface area contributed by atoms with E-state index >= 15 is 0 Å². The van der Waals surface area contributed by atoms with Crippen LogP contribution < -0.4 is 15.1 Å². The minimum absolute atomic E-state index is 0.0663. The van der Waals surface area contributed by atoms with Crippen LogP contribution in [0.4, 0.5) is 26.5 Å². The number of ether oxygens (including phenoxy) is 1. The van der Waals surface area contributed by atoms with Crippen LogP contribution in [-0.2, 0) is 4.74 Å². The molecule has 4 rings (SSSR count). The smallest absolute Gasteiger partial charge is 0.356 e. The van der Waals surface area contributed by atoms with E-state index in [0.717, 1.165) is 24.8 Å². The molecular weight excluding hydrogens is 341 g/mol. The van der Waals surface area contributed by atoms with Gasteiger partial charge in [0.05, 0.1) is 25.0 Å². The molecule has 1 saturated heterocycles. The Kier molecular flexibility index (Phi) is 3.90. The summed E-state index contributed by atoms with van der Waals surface area (Å²) in [6.45, 7) is 1.49. The monoisotopic (exact) mass is 357 g/mol. The van der Waals surface area contributed by atoms with Gasteiger partial charge < -0.3 is 9.64 Å². The van der Waals surface area contributed by atoms with Gasteiger partial charge in [0, 0.05) is 13.1 Å². The number of anilines is 3. The molecule has 2 aromatic heterocycles. The summed E-state index contributed by atoms with van der Waals surface area (Å²) in [7, 11) is 1.28. The van der Waals surface area contributed by atoms with E-state index in [1.807, 2.05) is 0 Å². The van der Waals surface area contributed by atoms with Crippen LogP contribution in [0.15, 0.2) is 30.5 Å². The summed E-state index contributed by atoms with van der Waals surface area (Å²) in [6, 6.07) is 5.47. The predicted molar refractivity (Wildman–Crippen MR) is 91.9 cm³/mol. The van der Waals surface area contributed by atoms with Gasteiger partial charge in [-0.2, -0.15) is 0 Å². The topological polar surface area (TPSA) is 87.7 Å². The van der Waals surface area contributed by atoms with E-state index in [1.165, 1.54) is 24.1 Å². The third-order valence-corrected chi connectivity index (χ3v) is 4.53. The average Bonchev–Trinajstić information content (AvgIpc) is 3.07. The van der Waals surface area contributed by atoms with Crippen molar-refractivity contribution in [2.75, 3.05) is 35.3 Å². The second kappa shape index (κ2) is 6.25. The minimum Gasteiger partial charge on any atom is -0.464 e. The maximum Gasteiger partial charge on any atom is 0.356 e. The van der Waals surface area contributed by atoms with Crippen LogP contribution >= 0.6 is 0 Å². The average molecular weight is 357 g/mol. The standard InChI is InChI=1S/C17H16FN5O3/c1-26-16(24)12-3-4-13-15(20-12)23(11-6-7-22(13)9-11)17(25)21-14-5-2-10(18)8-19-14/h2-5,8,11H,6-7,9H2,1H3,(H,19,21,25)/t11-/m0/s1. The predicted octanol–water partition coefficient (Wildman–Crippen LogP) is 2.03. The lowest BCUT2D eigenvalue weighted by molar-refractivity contribution is 0.0594. The van der Waals surface area contributed by atoms with Gasteiger partial charge in [0.1, 0.15) is 11.6 Å². The van der Waals surface area contributed by atoms with Crippen molar-refractivity contribution in [2.24, 2.45) is 0 Å². The highest BCUT2D eigenvalue weighted by Gasteiger charge is 2.40. The summed E-state index contributed by atoms with van der Waals surface area (Å²) in [4.78, 5) is 36.5. The molecule has 2 aliphatic heterocycles. The summed E-state index contributed by atoms with van der Waals surface area (Å²) in [5.74, 6) is -0.410. The Balaban J connectivity index is 1.68. The van der Waals surface area contributed by atoms with E-state index in [4.69, 9.17) is 4.74 Å². The van der Waals surface area contributed by atoms with Crippen LogP contribution in [0, 0.1) is 5.82 Å². The first-order chi connectivity index (χ1) is 12.6. The summed E-state index contributed by atoms with van der Waals surface area (Å²) in [5.41, 5.74) is 0.917. The van der Waals surface area contributed by atoms with Crippen LogP contribution in [0.1, 0.15) is 16.9 Å². The number of fused-ring (bicyclic) bond motifs is 4. The van der Waals surface area contributed by atoms with Crippen LogP contribution in [0.25, 0.3) is 0 Å². The van der Waals surface area contributed by atoms with Crippen molar-refractivity contribution in [1.29, 1.82) is 0 Å². The normalized spacial score (nSPS) is 17.7. The van der Waals surface area contributed by atoms with Crippen molar-refractivity contribution in [3.05, 3.63) is 42.0 Å². The minimum atomic E-state index is -0.568. The Morgan fingerprint density at radius 3 is 2.88 bits per heavy atom. The molecule has 0 spiro atoms. The number of nitrogens with zero attached hydrogens (tertiary/aromatic N) is 4. The molecule has 4 heterocycles. The summed E-state index contributed by atoms with van der Waals surface area (Å²) >= 11 is 0. The Labute approximate surface area is 148 Å². The number of urea groups is 1. The van der Waals surface area contributed by atoms with Gasteiger partial charge in [0.15, 0.2) is 11.5 Å². The fourth-order valence-electron chi connectivity index (χ4n) is 3.31. The van der Waals surface area contributed by atoms with Crippen molar-refractivity contribution in [3.63, 3.8) is 0 Å². The van der Waals surface area contributed by atoms with Gasteiger partial charge in [-0.25, -0.2) is 23.9 Å². The van der Waals surface area contributed by atoms with Crippen LogP contribution in [0.2, 0.25) is 0 Å². The fraction of sp³-hybridized carbons (Fsp3) is 0.294. The van der Waals surface area contributed by atoms with E-state index in [1.54, 1.807) is 12.1 Å². The highest BCUT2D eigenvalue weighted by Crippen LogP contribution is 2.39. The van der Waals surface area contributed by atoms with Gasteiger partial charge in [0.25, 0.3) is 0 Å². The molecular formula is C17H16FN5O3. The van der Waals surface area contributed by atoms with E-state index in [0.29, 0.717) is 12.4 Å². The Hall–Kier alpha value is -3.23. The zero-order valence-corrected chi connectivity index (χ0v) is 14.0. The number of halogens is 1. The van der Waals surface area contributed by atoms with Crippen LogP contribution in [-0.4, -0.2) is 48.2 Å². The zero-order valence-electron chi connectivity index (χ0n) is 14.0. The first-order valence-electron chi connectivity index (χ1n) is 8.13. The zero-order chi connectivity index (χ0) is 18.3. The number of carbonyl (C=O) groups excluding carboxylic acids is 2. The van der Waals surface area contributed by atoms with Crippen LogP contribution in [0.3, 0.4) is 0 Å². The van der Waals surface area contributed by atoms with Gasteiger partial charge in [-0.3, -0.25) is 10.2 Å². The van der Waals surface area contributed by atoms with Crippen molar-refractivity contribution in [1.82, 2.24) is 9.97 Å². The molecule has 0 unspecified atom stereocenters. The molecule has 26 heavy (non-hydrogen) atoms.